The predicted molar refractivity (Wildman–Crippen MR) is 84.8 cm³/mol. The number of aryl methyl sites for hydroxylation is 1. The van der Waals surface area contributed by atoms with E-state index >= 15 is 0 Å². The summed E-state index contributed by atoms with van der Waals surface area (Å²) in [7, 11) is -3.27. The van der Waals surface area contributed by atoms with Crippen molar-refractivity contribution in [2.24, 2.45) is 0 Å². The Morgan fingerprint density at radius 2 is 2.13 bits per heavy atom. The summed E-state index contributed by atoms with van der Waals surface area (Å²) >= 11 is 0. The van der Waals surface area contributed by atoms with E-state index in [0.29, 0.717) is 30.4 Å². The molecule has 0 radical (unpaired) electrons. The Hall–Kier alpha value is -2.00. The summed E-state index contributed by atoms with van der Waals surface area (Å²) in [5.74, 6) is 0.203. The van der Waals surface area contributed by atoms with Crippen LogP contribution in [0.1, 0.15) is 18.7 Å². The zero-order valence-electron chi connectivity index (χ0n) is 12.7. The summed E-state index contributed by atoms with van der Waals surface area (Å²) in [5, 5.41) is 2.71. The van der Waals surface area contributed by atoms with Crippen molar-refractivity contribution in [1.29, 1.82) is 0 Å². The monoisotopic (exact) mass is 342 g/mol. The fourth-order valence-electron chi connectivity index (χ4n) is 2.08. The molecule has 23 heavy (non-hydrogen) atoms. The number of hydrogen-bond donors (Lipinski definition) is 3. The first-order valence-electron chi connectivity index (χ1n) is 7.19. The van der Waals surface area contributed by atoms with Crippen LogP contribution in [0, 0.1) is 5.82 Å². The predicted octanol–water partition coefficient (Wildman–Crippen LogP) is 0.690. The normalized spacial score (nSPS) is 11.7. The van der Waals surface area contributed by atoms with Crippen LogP contribution in [-0.2, 0) is 21.2 Å². The third-order valence-electron chi connectivity index (χ3n) is 3.12. The van der Waals surface area contributed by atoms with Crippen LogP contribution >= 0.6 is 0 Å². The summed E-state index contributed by atoms with van der Waals surface area (Å²) in [4.78, 5) is 18.9. The smallest absolute Gasteiger partial charge is 0.221 e. The summed E-state index contributed by atoms with van der Waals surface area (Å²) in [6.45, 7) is 0.545. The molecule has 0 spiro atoms. The minimum absolute atomic E-state index is 0.0831. The van der Waals surface area contributed by atoms with Gasteiger partial charge in [0.2, 0.25) is 15.9 Å². The van der Waals surface area contributed by atoms with Crippen molar-refractivity contribution in [3.05, 3.63) is 29.8 Å². The highest BCUT2D eigenvalue weighted by Gasteiger charge is 2.06. The number of carbonyl (C=O) groups excluding carboxylic acids is 1. The lowest BCUT2D eigenvalue weighted by Gasteiger charge is -2.04. The highest BCUT2D eigenvalue weighted by atomic mass is 32.2. The molecule has 7 nitrogen and oxygen atoms in total. The first kappa shape index (κ1) is 17.4. The van der Waals surface area contributed by atoms with Crippen molar-refractivity contribution in [2.45, 2.75) is 19.3 Å². The van der Waals surface area contributed by atoms with Crippen LogP contribution in [0.25, 0.3) is 11.0 Å². The molecule has 0 aliphatic carbocycles. The molecule has 0 saturated carbocycles. The number of amides is 1. The first-order chi connectivity index (χ1) is 10.8. The van der Waals surface area contributed by atoms with E-state index in [1.807, 2.05) is 0 Å². The minimum Gasteiger partial charge on any atom is -0.356 e. The number of H-pyrrole nitrogens is 1. The molecule has 0 atom stereocenters. The third kappa shape index (κ3) is 5.95. The van der Waals surface area contributed by atoms with Gasteiger partial charge in [-0.15, -0.1) is 0 Å². The molecule has 0 aliphatic heterocycles. The van der Waals surface area contributed by atoms with Crippen LogP contribution in [0.4, 0.5) is 4.39 Å². The summed E-state index contributed by atoms with van der Waals surface area (Å²) < 4.78 is 37.0. The number of benzene rings is 1. The topological polar surface area (TPSA) is 104 Å². The van der Waals surface area contributed by atoms with Gasteiger partial charge in [0.15, 0.2) is 0 Å². The lowest BCUT2D eigenvalue weighted by molar-refractivity contribution is -0.120. The van der Waals surface area contributed by atoms with Crippen LogP contribution in [0.5, 0.6) is 0 Å². The number of carbonyl (C=O) groups is 1. The molecule has 126 valence electrons. The number of hydrogen-bond acceptors (Lipinski definition) is 4. The largest absolute Gasteiger partial charge is 0.356 e. The number of aromatic amines is 1. The molecule has 1 heterocycles. The molecular weight excluding hydrogens is 323 g/mol. The zero-order valence-corrected chi connectivity index (χ0v) is 13.5. The molecule has 3 N–H and O–H groups in total. The van der Waals surface area contributed by atoms with Crippen molar-refractivity contribution in [3.63, 3.8) is 0 Å². The van der Waals surface area contributed by atoms with Crippen LogP contribution in [0.2, 0.25) is 0 Å². The van der Waals surface area contributed by atoms with Gasteiger partial charge >= 0.3 is 0 Å². The summed E-state index contributed by atoms with van der Waals surface area (Å²) in [5.41, 5.74) is 1.35. The Labute approximate surface area is 133 Å². The first-order valence-corrected chi connectivity index (χ1v) is 9.08. The van der Waals surface area contributed by atoms with Gasteiger partial charge < -0.3 is 10.3 Å². The van der Waals surface area contributed by atoms with Crippen molar-refractivity contribution >= 4 is 27.0 Å². The molecular formula is C14H19FN4O3S. The number of aromatic nitrogens is 2. The van der Waals surface area contributed by atoms with E-state index in [9.17, 15) is 17.6 Å². The second-order valence-electron chi connectivity index (χ2n) is 5.21. The number of imidazole rings is 1. The Morgan fingerprint density at radius 1 is 1.35 bits per heavy atom. The number of halogens is 1. The van der Waals surface area contributed by atoms with Gasteiger partial charge in [0.25, 0.3) is 0 Å². The quantitative estimate of drug-likeness (QED) is 0.614. The molecule has 2 rings (SSSR count). The second kappa shape index (κ2) is 7.51. The van der Waals surface area contributed by atoms with Gasteiger partial charge in [-0.2, -0.15) is 0 Å². The zero-order chi connectivity index (χ0) is 16.9. The van der Waals surface area contributed by atoms with E-state index in [-0.39, 0.29) is 24.7 Å². The Morgan fingerprint density at radius 3 is 2.87 bits per heavy atom. The highest BCUT2D eigenvalue weighted by Crippen LogP contribution is 2.13. The van der Waals surface area contributed by atoms with Crippen molar-refractivity contribution in [1.82, 2.24) is 20.0 Å². The van der Waals surface area contributed by atoms with E-state index in [2.05, 4.69) is 20.0 Å². The Kier molecular flexibility index (Phi) is 5.67. The Bertz CT molecular complexity index is 788. The van der Waals surface area contributed by atoms with E-state index in [0.717, 1.165) is 12.1 Å². The van der Waals surface area contributed by atoms with E-state index in [1.165, 1.54) is 12.1 Å². The molecule has 9 heteroatoms. The van der Waals surface area contributed by atoms with Gasteiger partial charge in [0.05, 0.1) is 17.3 Å². The van der Waals surface area contributed by atoms with Crippen molar-refractivity contribution < 1.29 is 17.6 Å². The van der Waals surface area contributed by atoms with Crippen molar-refractivity contribution in [2.75, 3.05) is 19.3 Å². The molecule has 0 saturated heterocycles. The van der Waals surface area contributed by atoms with Gasteiger partial charge in [-0.25, -0.2) is 22.5 Å². The van der Waals surface area contributed by atoms with Crippen LogP contribution in [-0.4, -0.2) is 43.6 Å². The molecule has 0 unspecified atom stereocenters. The third-order valence-corrected chi connectivity index (χ3v) is 3.85. The minimum atomic E-state index is -3.27. The molecule has 0 fully saturated rings. The maximum atomic E-state index is 13.1. The highest BCUT2D eigenvalue weighted by molar-refractivity contribution is 7.88. The van der Waals surface area contributed by atoms with E-state index < -0.39 is 10.0 Å². The standard InChI is InChI=1S/C14H19FN4O3S/c1-23(21,22)17-8-6-14(20)16-7-2-3-13-18-11-5-4-10(15)9-12(11)19-13/h4-5,9,17H,2-3,6-8H2,1H3,(H,16,20)(H,18,19). The summed E-state index contributed by atoms with van der Waals surface area (Å²) in [6.07, 6.45) is 2.44. The maximum Gasteiger partial charge on any atom is 0.221 e. The molecule has 1 aromatic carbocycles. The van der Waals surface area contributed by atoms with Gasteiger partial charge in [-0.1, -0.05) is 0 Å². The van der Waals surface area contributed by atoms with E-state index in [1.54, 1.807) is 6.07 Å². The average Bonchev–Trinajstić information content (AvgIpc) is 2.84. The molecule has 0 aliphatic rings. The van der Waals surface area contributed by atoms with Gasteiger partial charge in [0.1, 0.15) is 11.6 Å². The fourth-order valence-corrected chi connectivity index (χ4v) is 2.55. The lowest BCUT2D eigenvalue weighted by Crippen LogP contribution is -2.30. The second-order valence-corrected chi connectivity index (χ2v) is 7.05. The van der Waals surface area contributed by atoms with Gasteiger partial charge in [0, 0.05) is 25.9 Å². The van der Waals surface area contributed by atoms with Crippen molar-refractivity contribution in [3.8, 4) is 0 Å². The molecule has 2 aromatic rings. The lowest BCUT2D eigenvalue weighted by atomic mass is 10.3. The number of nitrogens with one attached hydrogen (secondary N) is 3. The molecule has 0 bridgehead atoms. The maximum absolute atomic E-state index is 13.1. The number of nitrogens with zero attached hydrogens (tertiary/aromatic N) is 1. The Balaban J connectivity index is 1.69. The number of fused-ring (bicyclic) bond motifs is 1. The van der Waals surface area contributed by atoms with Crippen LogP contribution in [0.3, 0.4) is 0 Å². The fraction of sp³-hybridized carbons (Fsp3) is 0.429. The molecule has 1 aromatic heterocycles. The van der Waals surface area contributed by atoms with Gasteiger partial charge in [-0.3, -0.25) is 4.79 Å². The van der Waals surface area contributed by atoms with E-state index in [4.69, 9.17) is 0 Å². The SMILES string of the molecule is CS(=O)(=O)NCCC(=O)NCCCc1nc2ccc(F)cc2[nH]1. The summed E-state index contributed by atoms with van der Waals surface area (Å²) in [6, 6.07) is 4.36. The van der Waals surface area contributed by atoms with Crippen LogP contribution in [0.15, 0.2) is 18.2 Å². The molecule has 1 amide bonds. The number of rotatable bonds is 8. The average molecular weight is 342 g/mol. The van der Waals surface area contributed by atoms with Gasteiger partial charge in [-0.05, 0) is 24.6 Å². The number of sulfonamides is 1. The van der Waals surface area contributed by atoms with Crippen LogP contribution < -0.4 is 10.0 Å².